The summed E-state index contributed by atoms with van der Waals surface area (Å²) in [4.78, 5) is 27.1. The molecule has 138 valence electrons. The highest BCUT2D eigenvalue weighted by atomic mass is 35.5. The highest BCUT2D eigenvalue weighted by molar-refractivity contribution is 7.18. The molecule has 9 heteroatoms. The summed E-state index contributed by atoms with van der Waals surface area (Å²) in [5, 5.41) is 14.5. The van der Waals surface area contributed by atoms with Gasteiger partial charge in [0, 0.05) is 0 Å². The van der Waals surface area contributed by atoms with Crippen LogP contribution in [0.25, 0.3) is 0 Å². The molecular formula is C17H17Cl2N3O3S. The van der Waals surface area contributed by atoms with E-state index in [-0.39, 0.29) is 16.0 Å². The third-order valence-corrected chi connectivity index (χ3v) is 6.21. The topological polar surface area (TPSA) is 85.1 Å². The summed E-state index contributed by atoms with van der Waals surface area (Å²) in [5.74, 6) is -0.166. The summed E-state index contributed by atoms with van der Waals surface area (Å²) >= 11 is 13.0. The molecular weight excluding hydrogens is 397 g/mol. The molecule has 6 nitrogen and oxygen atoms in total. The molecule has 1 amide bonds. The lowest BCUT2D eigenvalue weighted by Gasteiger charge is -2.20. The largest absolute Gasteiger partial charge is 0.345 e. The van der Waals surface area contributed by atoms with Gasteiger partial charge in [0.2, 0.25) is 5.91 Å². The van der Waals surface area contributed by atoms with E-state index in [1.807, 2.05) is 0 Å². The minimum absolute atomic E-state index is 0.109. The molecule has 3 rings (SSSR count). The van der Waals surface area contributed by atoms with Crippen LogP contribution in [0.3, 0.4) is 0 Å². The van der Waals surface area contributed by atoms with Gasteiger partial charge in [-0.1, -0.05) is 55.0 Å². The van der Waals surface area contributed by atoms with Crippen LogP contribution >= 0.6 is 34.5 Å². The minimum atomic E-state index is -0.525. The number of halogens is 2. The first-order valence-corrected chi connectivity index (χ1v) is 9.87. The van der Waals surface area contributed by atoms with E-state index in [1.54, 1.807) is 18.2 Å². The summed E-state index contributed by atoms with van der Waals surface area (Å²) in [6.07, 6.45) is 6.42. The summed E-state index contributed by atoms with van der Waals surface area (Å²) in [7, 11) is 0. The van der Waals surface area contributed by atoms with E-state index in [2.05, 4.69) is 10.3 Å². The molecule has 0 aliphatic heterocycles. The highest BCUT2D eigenvalue weighted by Crippen LogP contribution is 2.37. The number of thiazole rings is 1. The van der Waals surface area contributed by atoms with Crippen LogP contribution in [0.5, 0.6) is 0 Å². The van der Waals surface area contributed by atoms with Crippen LogP contribution in [-0.2, 0) is 4.79 Å². The zero-order valence-corrected chi connectivity index (χ0v) is 16.1. The normalized spacial score (nSPS) is 15.8. The number of anilines is 1. The summed E-state index contributed by atoms with van der Waals surface area (Å²) < 4.78 is 0. The minimum Gasteiger partial charge on any atom is -0.301 e. The van der Waals surface area contributed by atoms with Crippen molar-refractivity contribution in [3.05, 3.63) is 50.1 Å². The van der Waals surface area contributed by atoms with E-state index in [0.717, 1.165) is 35.9 Å². The second-order valence-corrected chi connectivity index (χ2v) is 8.19. The van der Waals surface area contributed by atoms with Crippen molar-refractivity contribution in [3.63, 3.8) is 0 Å². The molecule has 1 fully saturated rings. The van der Waals surface area contributed by atoms with Crippen molar-refractivity contribution < 1.29 is 9.72 Å². The van der Waals surface area contributed by atoms with E-state index in [9.17, 15) is 14.9 Å². The van der Waals surface area contributed by atoms with Gasteiger partial charge in [-0.3, -0.25) is 14.9 Å². The smallest absolute Gasteiger partial charge is 0.301 e. The third-order valence-electron chi connectivity index (χ3n) is 4.61. The molecule has 0 spiro atoms. The third kappa shape index (κ3) is 4.52. The van der Waals surface area contributed by atoms with Gasteiger partial charge in [-0.2, -0.15) is 0 Å². The molecule has 1 aromatic heterocycles. The number of hydrogen-bond acceptors (Lipinski definition) is 5. The van der Waals surface area contributed by atoms with Crippen LogP contribution in [0.4, 0.5) is 10.1 Å². The maximum absolute atomic E-state index is 12.9. The molecule has 1 N–H and O–H groups in total. The van der Waals surface area contributed by atoms with E-state index in [0.29, 0.717) is 22.4 Å². The highest BCUT2D eigenvalue weighted by Gasteiger charge is 2.28. The number of carbonyl (C=O) groups excluding carboxylic acids is 1. The van der Waals surface area contributed by atoms with Crippen molar-refractivity contribution in [1.29, 1.82) is 0 Å². The number of amides is 1. The predicted octanol–water partition coefficient (Wildman–Crippen LogP) is 5.66. The Balaban J connectivity index is 1.81. The fourth-order valence-electron chi connectivity index (χ4n) is 3.30. The fraction of sp³-hybridized carbons (Fsp3) is 0.412. The Morgan fingerprint density at radius 2 is 2.08 bits per heavy atom. The molecule has 1 aliphatic rings. The molecule has 1 atom stereocenters. The molecule has 0 saturated heterocycles. The lowest BCUT2D eigenvalue weighted by atomic mass is 9.87. The van der Waals surface area contributed by atoms with Gasteiger partial charge in [-0.05, 0) is 41.4 Å². The SMILES string of the molecule is O=C(Nc1ncc([N+](=O)[O-])s1)C(CC1CCCC1)c1ccc(Cl)c(Cl)c1. The van der Waals surface area contributed by atoms with Crippen LogP contribution in [0.2, 0.25) is 10.0 Å². The Bertz CT molecular complexity index is 821. The maximum atomic E-state index is 12.9. The van der Waals surface area contributed by atoms with E-state index < -0.39 is 10.8 Å². The second-order valence-electron chi connectivity index (χ2n) is 6.36. The van der Waals surface area contributed by atoms with Gasteiger partial charge in [0.05, 0.1) is 20.9 Å². The molecule has 2 aromatic rings. The van der Waals surface area contributed by atoms with Crippen molar-refractivity contribution in [2.24, 2.45) is 5.92 Å². The summed E-state index contributed by atoms with van der Waals surface area (Å²) in [6.45, 7) is 0. The van der Waals surface area contributed by atoms with Crippen molar-refractivity contribution in [2.75, 3.05) is 5.32 Å². The zero-order chi connectivity index (χ0) is 18.7. The monoisotopic (exact) mass is 413 g/mol. The number of rotatable bonds is 6. The van der Waals surface area contributed by atoms with Crippen molar-refractivity contribution >= 4 is 50.6 Å². The Kier molecular flexibility index (Phi) is 6.11. The van der Waals surface area contributed by atoms with Crippen LogP contribution in [0, 0.1) is 16.0 Å². The Morgan fingerprint density at radius 1 is 1.35 bits per heavy atom. The molecule has 1 aromatic carbocycles. The van der Waals surface area contributed by atoms with Crippen LogP contribution in [-0.4, -0.2) is 15.8 Å². The second kappa shape index (κ2) is 8.33. The number of nitro groups is 1. The Labute approximate surface area is 164 Å². The first-order valence-electron chi connectivity index (χ1n) is 8.30. The maximum Gasteiger partial charge on any atom is 0.345 e. The number of nitrogens with one attached hydrogen (secondary N) is 1. The lowest BCUT2D eigenvalue weighted by Crippen LogP contribution is -2.23. The van der Waals surface area contributed by atoms with Gasteiger partial charge in [0.1, 0.15) is 6.20 Å². The number of benzene rings is 1. The van der Waals surface area contributed by atoms with Crippen LogP contribution in [0.15, 0.2) is 24.4 Å². The van der Waals surface area contributed by atoms with Gasteiger partial charge in [0.25, 0.3) is 0 Å². The summed E-state index contributed by atoms with van der Waals surface area (Å²) in [5.41, 5.74) is 0.787. The van der Waals surface area contributed by atoms with Gasteiger partial charge in [-0.15, -0.1) is 0 Å². The van der Waals surface area contributed by atoms with E-state index in [1.165, 1.54) is 12.8 Å². The van der Waals surface area contributed by atoms with Gasteiger partial charge < -0.3 is 5.32 Å². The first kappa shape index (κ1) is 19.1. The molecule has 0 bridgehead atoms. The van der Waals surface area contributed by atoms with Gasteiger partial charge in [-0.25, -0.2) is 4.98 Å². The average molecular weight is 414 g/mol. The van der Waals surface area contributed by atoms with Crippen molar-refractivity contribution in [1.82, 2.24) is 4.98 Å². The molecule has 0 radical (unpaired) electrons. The summed E-state index contributed by atoms with van der Waals surface area (Å²) in [6, 6.07) is 5.20. The first-order chi connectivity index (χ1) is 12.4. The number of nitrogens with zero attached hydrogens (tertiary/aromatic N) is 2. The van der Waals surface area contributed by atoms with Gasteiger partial charge in [0.15, 0.2) is 5.13 Å². The fourth-order valence-corrected chi connectivity index (χ4v) is 4.24. The van der Waals surface area contributed by atoms with Crippen molar-refractivity contribution in [3.8, 4) is 0 Å². The average Bonchev–Trinajstić information content (AvgIpc) is 3.27. The predicted molar refractivity (Wildman–Crippen MR) is 103 cm³/mol. The number of aromatic nitrogens is 1. The Morgan fingerprint density at radius 3 is 2.69 bits per heavy atom. The van der Waals surface area contributed by atoms with E-state index >= 15 is 0 Å². The molecule has 26 heavy (non-hydrogen) atoms. The zero-order valence-electron chi connectivity index (χ0n) is 13.8. The van der Waals surface area contributed by atoms with Crippen LogP contribution < -0.4 is 5.32 Å². The lowest BCUT2D eigenvalue weighted by molar-refractivity contribution is -0.380. The van der Waals surface area contributed by atoms with Crippen LogP contribution in [0.1, 0.15) is 43.6 Å². The number of carbonyl (C=O) groups is 1. The quantitative estimate of drug-likeness (QED) is 0.488. The molecule has 1 saturated carbocycles. The van der Waals surface area contributed by atoms with E-state index in [4.69, 9.17) is 23.2 Å². The molecule has 1 aliphatic carbocycles. The molecule has 1 unspecified atom stereocenters. The molecule has 1 heterocycles. The van der Waals surface area contributed by atoms with Crippen molar-refractivity contribution in [2.45, 2.75) is 38.0 Å². The number of hydrogen-bond donors (Lipinski definition) is 1. The Hall–Kier alpha value is -1.70. The standard InChI is InChI=1S/C17H17Cl2N3O3S/c18-13-6-5-11(8-14(13)19)12(7-10-3-1-2-4-10)16(23)21-17-20-9-15(26-17)22(24)25/h5-6,8-10,12H,1-4,7H2,(H,20,21,23). The van der Waals surface area contributed by atoms with Gasteiger partial charge >= 0.3 is 5.00 Å².